The fourth-order valence-electron chi connectivity index (χ4n) is 6.16. The Labute approximate surface area is 183 Å². The zero-order chi connectivity index (χ0) is 21.2. The number of likely N-dealkylation sites (tertiary alicyclic amines) is 1. The van der Waals surface area contributed by atoms with Gasteiger partial charge in [-0.25, -0.2) is 0 Å². The minimum atomic E-state index is -0.563. The molecule has 0 radical (unpaired) electrons. The van der Waals surface area contributed by atoms with Crippen LogP contribution in [0.5, 0.6) is 0 Å². The smallest absolute Gasteiger partial charge is 0.123 e. The lowest BCUT2D eigenvalue weighted by Gasteiger charge is -2.50. The molecule has 2 fully saturated rings. The summed E-state index contributed by atoms with van der Waals surface area (Å²) in [5, 5.41) is 26.4. The van der Waals surface area contributed by atoms with E-state index >= 15 is 0 Å². The highest BCUT2D eigenvalue weighted by Crippen LogP contribution is 2.45. The first-order chi connectivity index (χ1) is 13.7. The van der Waals surface area contributed by atoms with Crippen LogP contribution in [0.4, 0.5) is 0 Å². The summed E-state index contributed by atoms with van der Waals surface area (Å²) in [5.74, 6) is 1.96. The van der Waals surface area contributed by atoms with Crippen molar-refractivity contribution >= 4 is 11.6 Å². The van der Waals surface area contributed by atoms with Crippen LogP contribution in [0.25, 0.3) is 0 Å². The monoisotopic (exact) mass is 426 g/mol. The quantitative estimate of drug-likeness (QED) is 0.516. The summed E-state index contributed by atoms with van der Waals surface area (Å²) in [6.07, 6.45) is 10.2. The number of allylic oxidation sites excluding steroid dienone is 2. The molecule has 1 saturated heterocycles. The molecule has 2 unspecified atom stereocenters. The van der Waals surface area contributed by atoms with E-state index in [0.29, 0.717) is 17.8 Å². The molecule has 0 aromatic rings. The Bertz CT molecular complexity index is 559. The van der Waals surface area contributed by atoms with Crippen LogP contribution in [-0.4, -0.2) is 46.7 Å². The summed E-state index contributed by atoms with van der Waals surface area (Å²) in [6.45, 7) is 10.8. The zero-order valence-corrected chi connectivity index (χ0v) is 19.7. The second kappa shape index (κ2) is 9.99. The Morgan fingerprint density at radius 3 is 2.38 bits per heavy atom. The molecule has 2 aliphatic carbocycles. The van der Waals surface area contributed by atoms with E-state index in [1.807, 2.05) is 0 Å². The maximum atomic E-state index is 11.3. The molecule has 3 rings (SSSR count). The van der Waals surface area contributed by atoms with E-state index in [4.69, 9.17) is 11.6 Å². The maximum absolute atomic E-state index is 11.3. The van der Waals surface area contributed by atoms with Crippen LogP contribution >= 0.6 is 11.6 Å². The van der Waals surface area contributed by atoms with Crippen molar-refractivity contribution in [2.24, 2.45) is 29.1 Å². The van der Waals surface area contributed by atoms with Crippen molar-refractivity contribution in [1.82, 2.24) is 10.2 Å². The fourth-order valence-corrected chi connectivity index (χ4v) is 6.36. The lowest BCUT2D eigenvalue weighted by Crippen LogP contribution is -2.60. The van der Waals surface area contributed by atoms with Crippen LogP contribution in [-0.2, 0) is 0 Å². The Morgan fingerprint density at radius 2 is 1.83 bits per heavy atom. The molecular formula is C24H43ClN2O2. The number of hydrogen-bond acceptors (Lipinski definition) is 4. The largest absolute Gasteiger partial charge is 0.378 e. The highest BCUT2D eigenvalue weighted by molar-refractivity contribution is 6.29. The van der Waals surface area contributed by atoms with Crippen LogP contribution in [0, 0.1) is 29.1 Å². The topological polar surface area (TPSA) is 55.7 Å². The van der Waals surface area contributed by atoms with E-state index in [2.05, 4.69) is 44.0 Å². The third kappa shape index (κ3) is 5.77. The molecule has 0 bridgehead atoms. The molecule has 0 aromatic heterocycles. The summed E-state index contributed by atoms with van der Waals surface area (Å²) < 4.78 is 0. The van der Waals surface area contributed by atoms with Crippen LogP contribution in [0.1, 0.15) is 79.1 Å². The summed E-state index contributed by atoms with van der Waals surface area (Å²) in [6, 6.07) is -0.116. The minimum absolute atomic E-state index is 0.116. The van der Waals surface area contributed by atoms with E-state index in [0.717, 1.165) is 50.2 Å². The van der Waals surface area contributed by atoms with Crippen molar-refractivity contribution in [1.29, 1.82) is 0 Å². The van der Waals surface area contributed by atoms with Gasteiger partial charge in [0.2, 0.25) is 0 Å². The van der Waals surface area contributed by atoms with Crippen LogP contribution in [0.15, 0.2) is 11.1 Å². The number of aliphatic hydroxyl groups is 2. The molecule has 0 spiro atoms. The fraction of sp³-hybridized carbons (Fsp3) is 0.917. The maximum Gasteiger partial charge on any atom is 0.123 e. The van der Waals surface area contributed by atoms with Crippen molar-refractivity contribution in [3.05, 3.63) is 11.1 Å². The van der Waals surface area contributed by atoms with Gasteiger partial charge in [-0.05, 0) is 67.6 Å². The standard InChI is InChI=1S/C24H43ClN2O2/c1-16(2)21(26-22(28)18-7-5-6-8-18)23(29)27-14-13-20(24(3,4)15-27)17-9-11-19(25)12-10-17/h11,16-18,20-23,26,28-29H,5-10,12-15H2,1-4H3/t17-,20+,21+,22?,23?/m0/s1. The van der Waals surface area contributed by atoms with E-state index < -0.39 is 12.5 Å². The van der Waals surface area contributed by atoms with Gasteiger partial charge in [0, 0.05) is 18.1 Å². The highest BCUT2D eigenvalue weighted by Gasteiger charge is 2.43. The normalized spacial score (nSPS) is 32.2. The van der Waals surface area contributed by atoms with Gasteiger partial charge in [-0.1, -0.05) is 58.2 Å². The molecule has 3 N–H and O–H groups in total. The van der Waals surface area contributed by atoms with Gasteiger partial charge >= 0.3 is 0 Å². The lowest BCUT2D eigenvalue weighted by molar-refractivity contribution is -0.103. The molecular weight excluding hydrogens is 384 g/mol. The first kappa shape index (κ1) is 23.5. The SMILES string of the molecule is CC(C)[C@@H](NC(O)C1CCCC1)C(O)N1CC[C@H]([C@H]2CC=C(Cl)CC2)C(C)(C)C1. The van der Waals surface area contributed by atoms with E-state index in [1.165, 1.54) is 19.3 Å². The van der Waals surface area contributed by atoms with Gasteiger partial charge < -0.3 is 10.2 Å². The number of nitrogens with zero attached hydrogens (tertiary/aromatic N) is 1. The zero-order valence-electron chi connectivity index (χ0n) is 18.9. The van der Waals surface area contributed by atoms with Crippen LogP contribution < -0.4 is 5.32 Å². The van der Waals surface area contributed by atoms with Crippen molar-refractivity contribution in [3.8, 4) is 0 Å². The predicted octanol–water partition coefficient (Wildman–Crippen LogP) is 4.70. The minimum Gasteiger partial charge on any atom is -0.378 e. The Balaban J connectivity index is 1.61. The molecule has 0 aromatic carbocycles. The predicted molar refractivity (Wildman–Crippen MR) is 120 cm³/mol. The third-order valence-corrected chi connectivity index (χ3v) is 8.27. The third-order valence-electron chi connectivity index (χ3n) is 7.93. The van der Waals surface area contributed by atoms with E-state index in [9.17, 15) is 10.2 Å². The van der Waals surface area contributed by atoms with E-state index in [-0.39, 0.29) is 17.4 Å². The summed E-state index contributed by atoms with van der Waals surface area (Å²) in [7, 11) is 0. The number of halogens is 1. The van der Waals surface area contributed by atoms with Gasteiger partial charge in [0.15, 0.2) is 0 Å². The molecule has 5 atom stereocenters. The molecule has 0 amide bonds. The van der Waals surface area contributed by atoms with Crippen molar-refractivity contribution in [3.63, 3.8) is 0 Å². The first-order valence-electron chi connectivity index (χ1n) is 11.9. The molecule has 5 heteroatoms. The van der Waals surface area contributed by atoms with Crippen molar-refractivity contribution in [2.75, 3.05) is 13.1 Å². The van der Waals surface area contributed by atoms with Crippen LogP contribution in [0.3, 0.4) is 0 Å². The molecule has 1 aliphatic heterocycles. The molecule has 168 valence electrons. The first-order valence-corrected chi connectivity index (χ1v) is 12.3. The van der Waals surface area contributed by atoms with Crippen molar-refractivity contribution in [2.45, 2.75) is 97.6 Å². The number of nitrogens with one attached hydrogen (secondary N) is 1. The molecule has 1 saturated carbocycles. The Morgan fingerprint density at radius 1 is 1.14 bits per heavy atom. The number of piperidine rings is 1. The summed E-state index contributed by atoms with van der Waals surface area (Å²) in [4.78, 5) is 2.25. The lowest BCUT2D eigenvalue weighted by atomic mass is 9.65. The average Bonchev–Trinajstić information content (AvgIpc) is 3.20. The molecule has 29 heavy (non-hydrogen) atoms. The Hall–Kier alpha value is -0.130. The molecule has 4 nitrogen and oxygen atoms in total. The van der Waals surface area contributed by atoms with Crippen molar-refractivity contribution < 1.29 is 10.2 Å². The van der Waals surface area contributed by atoms with Gasteiger partial charge in [-0.3, -0.25) is 10.2 Å². The summed E-state index contributed by atoms with van der Waals surface area (Å²) >= 11 is 6.20. The number of aliphatic hydroxyl groups excluding tert-OH is 2. The number of rotatable bonds is 7. The van der Waals surface area contributed by atoms with Gasteiger partial charge in [-0.2, -0.15) is 0 Å². The average molecular weight is 427 g/mol. The second-order valence-electron chi connectivity index (χ2n) is 10.9. The molecule has 1 heterocycles. The Kier molecular flexibility index (Phi) is 8.11. The highest BCUT2D eigenvalue weighted by atomic mass is 35.5. The van der Waals surface area contributed by atoms with Gasteiger partial charge in [-0.15, -0.1) is 0 Å². The second-order valence-corrected chi connectivity index (χ2v) is 11.4. The number of hydrogen-bond donors (Lipinski definition) is 3. The van der Waals surface area contributed by atoms with E-state index in [1.54, 1.807) is 0 Å². The molecule has 3 aliphatic rings. The van der Waals surface area contributed by atoms with Gasteiger partial charge in [0.1, 0.15) is 12.5 Å². The summed E-state index contributed by atoms with van der Waals surface area (Å²) in [5.41, 5.74) is 0.160. The van der Waals surface area contributed by atoms with Gasteiger partial charge in [0.05, 0.1) is 6.04 Å². The van der Waals surface area contributed by atoms with Gasteiger partial charge in [0.25, 0.3) is 0 Å². The van der Waals surface area contributed by atoms with Crippen LogP contribution in [0.2, 0.25) is 0 Å².